The summed E-state index contributed by atoms with van der Waals surface area (Å²) in [6, 6.07) is 2.93. The van der Waals surface area contributed by atoms with Crippen molar-refractivity contribution in [2.45, 2.75) is 64.7 Å². The Balaban J connectivity index is 2.39. The van der Waals surface area contributed by atoms with Gasteiger partial charge in [-0.25, -0.2) is 4.79 Å². The molecule has 0 spiro atoms. The summed E-state index contributed by atoms with van der Waals surface area (Å²) in [5.74, 6) is -2.11. The predicted octanol–water partition coefficient (Wildman–Crippen LogP) is 4.48. The van der Waals surface area contributed by atoms with E-state index >= 15 is 0 Å². The second-order valence-electron chi connectivity index (χ2n) is 5.50. The van der Waals surface area contributed by atoms with E-state index in [-0.39, 0.29) is 11.3 Å². The highest BCUT2D eigenvalue weighted by molar-refractivity contribution is 5.93. The molecule has 1 rings (SSSR count). The van der Waals surface area contributed by atoms with E-state index in [0.29, 0.717) is 12.0 Å². The van der Waals surface area contributed by atoms with E-state index in [4.69, 9.17) is 5.11 Å². The molecular weight excluding hydrogens is 268 g/mol. The van der Waals surface area contributed by atoms with Crippen LogP contribution in [0.5, 0.6) is 11.5 Å². The quantitative estimate of drug-likeness (QED) is 0.439. The molecule has 0 saturated carbocycles. The third-order valence-electron chi connectivity index (χ3n) is 3.76. The number of hydrogen-bond donors (Lipinski definition) is 3. The highest BCUT2D eigenvalue weighted by Gasteiger charge is 2.18. The average Bonchev–Trinajstić information content (AvgIpc) is 2.45. The Kier molecular flexibility index (Phi) is 7.65. The van der Waals surface area contributed by atoms with Crippen molar-refractivity contribution in [2.24, 2.45) is 0 Å². The van der Waals surface area contributed by atoms with E-state index in [1.807, 2.05) is 0 Å². The zero-order valence-electron chi connectivity index (χ0n) is 12.8. The molecule has 0 aliphatic heterocycles. The van der Waals surface area contributed by atoms with Gasteiger partial charge in [0.05, 0.1) is 0 Å². The Morgan fingerprint density at radius 3 is 2.10 bits per heavy atom. The fourth-order valence-electron chi connectivity index (χ4n) is 2.52. The summed E-state index contributed by atoms with van der Waals surface area (Å²) in [6.45, 7) is 2.20. The van der Waals surface area contributed by atoms with Crippen LogP contribution in [0.1, 0.15) is 74.2 Å². The zero-order valence-corrected chi connectivity index (χ0v) is 12.8. The Bertz CT molecular complexity index is 454. The zero-order chi connectivity index (χ0) is 15.7. The number of phenols is 2. The fraction of sp³-hybridized carbons (Fsp3) is 0.588. The summed E-state index contributed by atoms with van der Waals surface area (Å²) in [5.41, 5.74) is 0.418. The molecule has 0 unspecified atom stereocenters. The number of phenolic OH excluding ortho intramolecular Hbond substituents is 1. The average molecular weight is 294 g/mol. The number of aromatic carboxylic acids is 1. The fourth-order valence-corrected chi connectivity index (χ4v) is 2.52. The van der Waals surface area contributed by atoms with Crippen LogP contribution < -0.4 is 0 Å². The number of aromatic hydroxyl groups is 2. The molecule has 0 fully saturated rings. The first-order valence-corrected chi connectivity index (χ1v) is 7.85. The minimum absolute atomic E-state index is 0.169. The van der Waals surface area contributed by atoms with Crippen LogP contribution in [-0.4, -0.2) is 21.3 Å². The van der Waals surface area contributed by atoms with Crippen LogP contribution in [0.4, 0.5) is 0 Å². The highest BCUT2D eigenvalue weighted by atomic mass is 16.4. The van der Waals surface area contributed by atoms with E-state index in [2.05, 4.69) is 6.92 Å². The molecular formula is C17H26O4. The monoisotopic (exact) mass is 294 g/mol. The Morgan fingerprint density at radius 1 is 0.952 bits per heavy atom. The maximum Gasteiger partial charge on any atom is 0.339 e. The summed E-state index contributed by atoms with van der Waals surface area (Å²) >= 11 is 0. The van der Waals surface area contributed by atoms with Crippen molar-refractivity contribution >= 4 is 5.97 Å². The normalized spacial score (nSPS) is 10.7. The van der Waals surface area contributed by atoms with Gasteiger partial charge in [-0.2, -0.15) is 0 Å². The van der Waals surface area contributed by atoms with E-state index in [9.17, 15) is 15.0 Å². The van der Waals surface area contributed by atoms with Gasteiger partial charge < -0.3 is 15.3 Å². The SMILES string of the molecule is CCCCCCCCCCc1ccc(O)c(O)c1C(=O)O. The number of unbranched alkanes of at least 4 members (excludes halogenated alkanes) is 7. The predicted molar refractivity (Wildman–Crippen MR) is 83.0 cm³/mol. The molecule has 0 radical (unpaired) electrons. The minimum Gasteiger partial charge on any atom is -0.504 e. The lowest BCUT2D eigenvalue weighted by Crippen LogP contribution is -2.03. The number of carbonyl (C=O) groups is 1. The summed E-state index contributed by atoms with van der Waals surface area (Å²) in [7, 11) is 0. The van der Waals surface area contributed by atoms with Crippen LogP contribution in [0.3, 0.4) is 0 Å². The minimum atomic E-state index is -1.20. The maximum atomic E-state index is 11.2. The van der Waals surface area contributed by atoms with Gasteiger partial charge in [-0.3, -0.25) is 0 Å². The molecule has 0 aromatic heterocycles. The van der Waals surface area contributed by atoms with E-state index in [1.165, 1.54) is 38.2 Å². The molecule has 21 heavy (non-hydrogen) atoms. The van der Waals surface area contributed by atoms with Crippen molar-refractivity contribution in [3.63, 3.8) is 0 Å². The van der Waals surface area contributed by atoms with Crippen molar-refractivity contribution in [3.8, 4) is 11.5 Å². The van der Waals surface area contributed by atoms with Crippen molar-refractivity contribution in [1.82, 2.24) is 0 Å². The smallest absolute Gasteiger partial charge is 0.339 e. The van der Waals surface area contributed by atoms with Gasteiger partial charge in [0.25, 0.3) is 0 Å². The molecule has 118 valence electrons. The molecule has 0 amide bonds. The highest BCUT2D eigenvalue weighted by Crippen LogP contribution is 2.32. The molecule has 4 heteroatoms. The maximum absolute atomic E-state index is 11.2. The second-order valence-corrected chi connectivity index (χ2v) is 5.50. The summed E-state index contributed by atoms with van der Waals surface area (Å²) in [6.07, 6.45) is 10.1. The van der Waals surface area contributed by atoms with Gasteiger partial charge in [-0.1, -0.05) is 57.9 Å². The Morgan fingerprint density at radius 2 is 1.52 bits per heavy atom. The van der Waals surface area contributed by atoms with Crippen molar-refractivity contribution in [2.75, 3.05) is 0 Å². The second kappa shape index (κ2) is 9.27. The first-order valence-electron chi connectivity index (χ1n) is 7.85. The lowest BCUT2D eigenvalue weighted by molar-refractivity contribution is 0.0691. The van der Waals surface area contributed by atoms with Gasteiger partial charge in [0.1, 0.15) is 5.56 Å². The number of carboxylic acids is 1. The molecule has 4 nitrogen and oxygen atoms in total. The van der Waals surface area contributed by atoms with E-state index in [0.717, 1.165) is 19.3 Å². The van der Waals surface area contributed by atoms with Crippen LogP contribution in [0.2, 0.25) is 0 Å². The van der Waals surface area contributed by atoms with E-state index in [1.54, 1.807) is 6.07 Å². The van der Waals surface area contributed by atoms with Crippen molar-refractivity contribution in [1.29, 1.82) is 0 Å². The third-order valence-corrected chi connectivity index (χ3v) is 3.76. The Hall–Kier alpha value is -1.71. The largest absolute Gasteiger partial charge is 0.504 e. The van der Waals surface area contributed by atoms with Gasteiger partial charge in [-0.05, 0) is 24.5 Å². The van der Waals surface area contributed by atoms with Crippen LogP contribution in [0.25, 0.3) is 0 Å². The summed E-state index contributed by atoms with van der Waals surface area (Å²) < 4.78 is 0. The van der Waals surface area contributed by atoms with Crippen LogP contribution in [0, 0.1) is 0 Å². The topological polar surface area (TPSA) is 77.8 Å². The molecule has 0 aliphatic carbocycles. The van der Waals surface area contributed by atoms with Gasteiger partial charge >= 0.3 is 5.97 Å². The first-order chi connectivity index (χ1) is 10.1. The molecule has 3 N–H and O–H groups in total. The lowest BCUT2D eigenvalue weighted by atomic mass is 9.99. The molecule has 0 heterocycles. The van der Waals surface area contributed by atoms with Crippen LogP contribution >= 0.6 is 0 Å². The van der Waals surface area contributed by atoms with Crippen molar-refractivity contribution in [3.05, 3.63) is 23.3 Å². The van der Waals surface area contributed by atoms with Crippen molar-refractivity contribution < 1.29 is 20.1 Å². The number of rotatable bonds is 10. The van der Waals surface area contributed by atoms with Gasteiger partial charge in [-0.15, -0.1) is 0 Å². The molecule has 1 aromatic carbocycles. The number of carboxylic acid groups (broad SMARTS) is 1. The number of aryl methyl sites for hydroxylation is 1. The lowest BCUT2D eigenvalue weighted by Gasteiger charge is -2.09. The summed E-state index contributed by atoms with van der Waals surface area (Å²) in [5, 5.41) is 28.1. The number of benzene rings is 1. The van der Waals surface area contributed by atoms with Gasteiger partial charge in [0, 0.05) is 0 Å². The molecule has 0 atom stereocenters. The number of hydrogen-bond acceptors (Lipinski definition) is 3. The molecule has 1 aromatic rings. The summed E-state index contributed by atoms with van der Waals surface area (Å²) in [4.78, 5) is 11.2. The molecule has 0 bridgehead atoms. The standard InChI is InChI=1S/C17H26O4/c1-2-3-4-5-6-7-8-9-10-13-11-12-14(18)16(19)15(13)17(20)21/h11-12,18-19H,2-10H2,1H3,(H,20,21). The van der Waals surface area contributed by atoms with Crippen LogP contribution in [-0.2, 0) is 6.42 Å². The Labute approximate surface area is 126 Å². The van der Waals surface area contributed by atoms with Gasteiger partial charge in [0.15, 0.2) is 11.5 Å². The van der Waals surface area contributed by atoms with Gasteiger partial charge in [0.2, 0.25) is 0 Å². The molecule has 0 aliphatic rings. The molecule has 0 saturated heterocycles. The third kappa shape index (κ3) is 5.66. The van der Waals surface area contributed by atoms with E-state index < -0.39 is 11.7 Å². The first kappa shape index (κ1) is 17.3. The van der Waals surface area contributed by atoms with Crippen LogP contribution in [0.15, 0.2) is 12.1 Å².